The van der Waals surface area contributed by atoms with E-state index in [1.807, 2.05) is 18.2 Å². The summed E-state index contributed by atoms with van der Waals surface area (Å²) in [6.45, 7) is 0.260. The molecule has 16 heavy (non-hydrogen) atoms. The molecule has 0 atom stereocenters. The number of nitrogen functional groups attached to an aromatic ring is 1. The number of para-hydroxylation sites is 1. The van der Waals surface area contributed by atoms with Crippen molar-refractivity contribution in [3.8, 4) is 0 Å². The van der Waals surface area contributed by atoms with Crippen LogP contribution in [0.2, 0.25) is 0 Å². The molecule has 0 radical (unpaired) electrons. The van der Waals surface area contributed by atoms with Gasteiger partial charge in [0.15, 0.2) is 0 Å². The average molecular weight is 241 g/mol. The van der Waals surface area contributed by atoms with Gasteiger partial charge in [-0.1, -0.05) is 18.2 Å². The van der Waals surface area contributed by atoms with Crippen LogP contribution in [0, 0.1) is 0 Å². The molecule has 1 aliphatic rings. The van der Waals surface area contributed by atoms with Gasteiger partial charge in [-0.25, -0.2) is 5.14 Å². The van der Waals surface area contributed by atoms with Crippen molar-refractivity contribution < 1.29 is 8.42 Å². The molecule has 0 saturated heterocycles. The van der Waals surface area contributed by atoms with Crippen LogP contribution in [0.15, 0.2) is 24.3 Å². The van der Waals surface area contributed by atoms with E-state index in [9.17, 15) is 8.42 Å². The topological polar surface area (TPSA) is 89.4 Å². The van der Waals surface area contributed by atoms with Gasteiger partial charge in [0, 0.05) is 18.3 Å². The minimum absolute atomic E-state index is 0.0506. The van der Waals surface area contributed by atoms with Crippen LogP contribution in [0.3, 0.4) is 0 Å². The van der Waals surface area contributed by atoms with E-state index in [2.05, 4.69) is 0 Å². The fourth-order valence-corrected chi connectivity index (χ4v) is 2.58. The van der Waals surface area contributed by atoms with Crippen molar-refractivity contribution in [2.24, 2.45) is 5.14 Å². The molecular formula is C10H15N3O2S. The summed E-state index contributed by atoms with van der Waals surface area (Å²) in [4.78, 5) is 0. The van der Waals surface area contributed by atoms with Gasteiger partial charge in [0.2, 0.25) is 0 Å². The minimum atomic E-state index is -3.64. The van der Waals surface area contributed by atoms with Crippen LogP contribution >= 0.6 is 0 Å². The third-order valence-electron chi connectivity index (χ3n) is 2.66. The summed E-state index contributed by atoms with van der Waals surface area (Å²) in [6, 6.07) is 7.27. The number of hydrogen-bond acceptors (Lipinski definition) is 3. The molecule has 2 rings (SSSR count). The highest BCUT2D eigenvalue weighted by Crippen LogP contribution is 2.30. The zero-order valence-corrected chi connectivity index (χ0v) is 9.65. The fourth-order valence-electron chi connectivity index (χ4n) is 1.64. The average Bonchev–Trinajstić information content (AvgIpc) is 2.98. The van der Waals surface area contributed by atoms with Crippen LogP contribution in [-0.4, -0.2) is 18.8 Å². The lowest BCUT2D eigenvalue weighted by atomic mass is 10.2. The predicted octanol–water partition coefficient (Wildman–Crippen LogP) is 0.437. The maximum atomic E-state index is 11.4. The lowest BCUT2D eigenvalue weighted by Gasteiger charge is -2.19. The first-order valence-corrected chi connectivity index (χ1v) is 6.62. The zero-order valence-electron chi connectivity index (χ0n) is 8.83. The summed E-state index contributed by atoms with van der Waals surface area (Å²) < 4.78 is 24.1. The monoisotopic (exact) mass is 241 g/mol. The SMILES string of the molecule is Nc1ccccc1CN(C1CC1)S(N)(=O)=O. The lowest BCUT2D eigenvalue weighted by molar-refractivity contribution is 0.400. The number of hydrogen-bond donors (Lipinski definition) is 2. The second-order valence-corrected chi connectivity index (χ2v) is 5.52. The predicted molar refractivity (Wildman–Crippen MR) is 62.5 cm³/mol. The van der Waals surface area contributed by atoms with E-state index >= 15 is 0 Å². The number of nitrogens with zero attached hydrogens (tertiary/aromatic N) is 1. The van der Waals surface area contributed by atoms with Gasteiger partial charge in [0.1, 0.15) is 0 Å². The Morgan fingerprint density at radius 3 is 2.44 bits per heavy atom. The van der Waals surface area contributed by atoms with E-state index in [1.165, 1.54) is 4.31 Å². The quantitative estimate of drug-likeness (QED) is 0.749. The number of anilines is 1. The fraction of sp³-hybridized carbons (Fsp3) is 0.400. The Labute approximate surface area is 95.2 Å². The molecule has 1 saturated carbocycles. The molecule has 0 aliphatic heterocycles. The lowest BCUT2D eigenvalue weighted by Crippen LogP contribution is -2.37. The highest BCUT2D eigenvalue weighted by molar-refractivity contribution is 7.86. The van der Waals surface area contributed by atoms with E-state index in [0.29, 0.717) is 5.69 Å². The van der Waals surface area contributed by atoms with Gasteiger partial charge in [-0.3, -0.25) is 0 Å². The van der Waals surface area contributed by atoms with Gasteiger partial charge in [-0.2, -0.15) is 12.7 Å². The van der Waals surface area contributed by atoms with E-state index in [0.717, 1.165) is 18.4 Å². The molecule has 1 aromatic carbocycles. The third-order valence-corrected chi connectivity index (χ3v) is 3.74. The largest absolute Gasteiger partial charge is 0.398 e. The standard InChI is InChI=1S/C10H15N3O2S/c11-10-4-2-1-3-8(10)7-13(9-5-6-9)16(12,14)15/h1-4,9H,5-7,11H2,(H2,12,14,15). The van der Waals surface area contributed by atoms with Crippen LogP contribution < -0.4 is 10.9 Å². The van der Waals surface area contributed by atoms with Crippen molar-refractivity contribution in [3.05, 3.63) is 29.8 Å². The van der Waals surface area contributed by atoms with Crippen molar-refractivity contribution in [1.29, 1.82) is 0 Å². The highest BCUT2D eigenvalue weighted by atomic mass is 32.2. The molecule has 1 fully saturated rings. The molecule has 1 aliphatic carbocycles. The van der Waals surface area contributed by atoms with Crippen LogP contribution in [0.5, 0.6) is 0 Å². The van der Waals surface area contributed by atoms with Gasteiger partial charge in [0.25, 0.3) is 10.2 Å². The molecule has 4 N–H and O–H groups in total. The molecule has 0 spiro atoms. The Morgan fingerprint density at radius 2 is 1.94 bits per heavy atom. The first-order chi connectivity index (χ1) is 7.48. The van der Waals surface area contributed by atoms with Crippen molar-refractivity contribution in [3.63, 3.8) is 0 Å². The van der Waals surface area contributed by atoms with Gasteiger partial charge in [-0.15, -0.1) is 0 Å². The Balaban J connectivity index is 2.22. The molecular weight excluding hydrogens is 226 g/mol. The molecule has 0 bridgehead atoms. The van der Waals surface area contributed by atoms with Gasteiger partial charge >= 0.3 is 0 Å². The van der Waals surface area contributed by atoms with Crippen molar-refractivity contribution in [2.75, 3.05) is 5.73 Å². The summed E-state index contributed by atoms with van der Waals surface area (Å²) in [5, 5.41) is 5.18. The summed E-state index contributed by atoms with van der Waals surface area (Å²) in [7, 11) is -3.64. The van der Waals surface area contributed by atoms with E-state index in [4.69, 9.17) is 10.9 Å². The van der Waals surface area contributed by atoms with E-state index in [-0.39, 0.29) is 12.6 Å². The molecule has 5 nitrogen and oxygen atoms in total. The number of benzene rings is 1. The Bertz CT molecular complexity index is 483. The molecule has 0 unspecified atom stereocenters. The summed E-state index contributed by atoms with van der Waals surface area (Å²) in [6.07, 6.45) is 1.76. The minimum Gasteiger partial charge on any atom is -0.398 e. The molecule has 0 aromatic heterocycles. The molecule has 88 valence electrons. The number of nitrogens with two attached hydrogens (primary N) is 2. The van der Waals surface area contributed by atoms with Crippen molar-refractivity contribution >= 4 is 15.9 Å². The van der Waals surface area contributed by atoms with E-state index in [1.54, 1.807) is 6.07 Å². The first kappa shape index (κ1) is 11.4. The first-order valence-electron chi connectivity index (χ1n) is 5.11. The van der Waals surface area contributed by atoms with Gasteiger partial charge < -0.3 is 5.73 Å². The van der Waals surface area contributed by atoms with Crippen LogP contribution in [-0.2, 0) is 16.8 Å². The molecule has 1 aromatic rings. The van der Waals surface area contributed by atoms with Crippen LogP contribution in [0.4, 0.5) is 5.69 Å². The maximum Gasteiger partial charge on any atom is 0.277 e. The van der Waals surface area contributed by atoms with E-state index < -0.39 is 10.2 Å². The van der Waals surface area contributed by atoms with Crippen molar-refractivity contribution in [1.82, 2.24) is 4.31 Å². The maximum absolute atomic E-state index is 11.4. The third kappa shape index (κ3) is 2.52. The summed E-state index contributed by atoms with van der Waals surface area (Å²) in [5.74, 6) is 0. The normalized spacial score (nSPS) is 16.6. The Morgan fingerprint density at radius 1 is 1.31 bits per heavy atom. The molecule has 0 heterocycles. The second kappa shape index (κ2) is 4.04. The van der Waals surface area contributed by atoms with Gasteiger partial charge in [0.05, 0.1) is 0 Å². The Hall–Kier alpha value is -1.11. The van der Waals surface area contributed by atoms with Crippen LogP contribution in [0.1, 0.15) is 18.4 Å². The Kier molecular flexibility index (Phi) is 2.88. The second-order valence-electron chi connectivity index (χ2n) is 4.02. The molecule has 6 heteroatoms. The summed E-state index contributed by atoms with van der Waals surface area (Å²) in [5.41, 5.74) is 7.16. The van der Waals surface area contributed by atoms with Gasteiger partial charge in [-0.05, 0) is 24.5 Å². The smallest absolute Gasteiger partial charge is 0.277 e. The van der Waals surface area contributed by atoms with Crippen molar-refractivity contribution in [2.45, 2.75) is 25.4 Å². The molecule has 0 amide bonds. The highest BCUT2D eigenvalue weighted by Gasteiger charge is 2.35. The van der Waals surface area contributed by atoms with Crippen LogP contribution in [0.25, 0.3) is 0 Å². The summed E-state index contributed by atoms with van der Waals surface area (Å²) >= 11 is 0. The number of rotatable bonds is 4. The zero-order chi connectivity index (χ0) is 11.8.